The summed E-state index contributed by atoms with van der Waals surface area (Å²) in [5.74, 6) is 14.3. The maximum absolute atomic E-state index is 10.6. The molecule has 0 spiro atoms. The van der Waals surface area contributed by atoms with Crippen LogP contribution in [0.15, 0.2) is 71.0 Å². The molecule has 4 aromatic rings. The van der Waals surface area contributed by atoms with E-state index in [4.69, 9.17) is 11.7 Å². The first-order chi connectivity index (χ1) is 15.1. The average Bonchev–Trinajstić information content (AvgIpc) is 3.34. The van der Waals surface area contributed by atoms with Crippen molar-refractivity contribution in [1.82, 2.24) is 29.7 Å². The second kappa shape index (κ2) is 9.86. The predicted octanol–water partition coefficient (Wildman–Crippen LogP) is 2.16. The monoisotopic (exact) mass is 454 g/mol. The van der Waals surface area contributed by atoms with Gasteiger partial charge >= 0.3 is 0 Å². The average molecular weight is 455 g/mol. The molecule has 2 heterocycles. The molecule has 0 saturated carbocycles. The number of nitrogens with two attached hydrogens (primary N) is 2. The van der Waals surface area contributed by atoms with E-state index in [1.807, 2.05) is 60.7 Å². The van der Waals surface area contributed by atoms with Gasteiger partial charge in [0.25, 0.3) is 0 Å². The molecule has 0 bridgehead atoms. The molecule has 0 radical (unpaired) electrons. The molecular formula is C20H22N8OS2. The molecule has 0 saturated heterocycles. The van der Waals surface area contributed by atoms with Crippen LogP contribution in [0, 0.1) is 0 Å². The standard InChI is InChI=1S/C20H22N8OS2/c21-27-17(23-25-19(27)30-12-14-7-3-1-4-8-14)11-16(29)18-24-26-20(28(18)22)31-13-15-9-5-2-6-10-15/h1-10,16,29H,11-13,21-22H2. The summed E-state index contributed by atoms with van der Waals surface area (Å²) in [6, 6.07) is 20.0. The summed E-state index contributed by atoms with van der Waals surface area (Å²) in [5.41, 5.74) is 2.31. The number of thioether (sulfide) groups is 2. The third-order valence-electron chi connectivity index (χ3n) is 4.52. The molecule has 1 atom stereocenters. The fourth-order valence-corrected chi connectivity index (χ4v) is 4.52. The molecule has 4 rings (SSSR count). The lowest BCUT2D eigenvalue weighted by Gasteiger charge is -2.10. The number of aliphatic hydroxyl groups is 1. The number of rotatable bonds is 9. The molecule has 31 heavy (non-hydrogen) atoms. The number of benzene rings is 2. The molecule has 0 aliphatic heterocycles. The summed E-state index contributed by atoms with van der Waals surface area (Å²) in [5, 5.41) is 28.1. The van der Waals surface area contributed by atoms with Gasteiger partial charge in [0, 0.05) is 17.9 Å². The lowest BCUT2D eigenvalue weighted by atomic mass is 10.2. The van der Waals surface area contributed by atoms with Crippen molar-refractivity contribution in [2.45, 2.75) is 34.3 Å². The quantitative estimate of drug-likeness (QED) is 0.257. The van der Waals surface area contributed by atoms with Crippen LogP contribution in [0.1, 0.15) is 28.9 Å². The number of aliphatic hydroxyl groups excluding tert-OH is 1. The Morgan fingerprint density at radius 3 is 1.84 bits per heavy atom. The van der Waals surface area contributed by atoms with Crippen LogP contribution in [0.5, 0.6) is 0 Å². The number of aromatic nitrogens is 6. The van der Waals surface area contributed by atoms with Gasteiger partial charge in [-0.1, -0.05) is 84.2 Å². The zero-order valence-corrected chi connectivity index (χ0v) is 18.2. The topological polar surface area (TPSA) is 134 Å². The van der Waals surface area contributed by atoms with E-state index < -0.39 is 6.10 Å². The largest absolute Gasteiger partial charge is 0.385 e. The fourth-order valence-electron chi connectivity index (χ4n) is 2.87. The van der Waals surface area contributed by atoms with Crippen LogP contribution in [0.25, 0.3) is 0 Å². The highest BCUT2D eigenvalue weighted by atomic mass is 32.2. The first kappa shape index (κ1) is 21.2. The molecule has 1 unspecified atom stereocenters. The molecule has 2 aromatic carbocycles. The van der Waals surface area contributed by atoms with Gasteiger partial charge in [-0.25, -0.2) is 9.35 Å². The van der Waals surface area contributed by atoms with Crippen molar-refractivity contribution < 1.29 is 5.11 Å². The Morgan fingerprint density at radius 1 is 0.742 bits per heavy atom. The molecule has 9 nitrogen and oxygen atoms in total. The number of nitrogens with zero attached hydrogens (tertiary/aromatic N) is 6. The van der Waals surface area contributed by atoms with E-state index >= 15 is 0 Å². The maximum Gasteiger partial charge on any atom is 0.210 e. The van der Waals surface area contributed by atoms with E-state index in [1.54, 1.807) is 0 Å². The minimum Gasteiger partial charge on any atom is -0.385 e. The number of nitrogen functional groups attached to an aromatic ring is 2. The van der Waals surface area contributed by atoms with Crippen molar-refractivity contribution in [3.8, 4) is 0 Å². The van der Waals surface area contributed by atoms with Crippen LogP contribution >= 0.6 is 23.5 Å². The van der Waals surface area contributed by atoms with Gasteiger partial charge in [0.1, 0.15) is 6.10 Å². The number of hydrogen-bond acceptors (Lipinski definition) is 9. The molecule has 11 heteroatoms. The predicted molar refractivity (Wildman–Crippen MR) is 121 cm³/mol. The molecule has 160 valence electrons. The summed E-state index contributed by atoms with van der Waals surface area (Å²) >= 11 is 2.93. The van der Waals surface area contributed by atoms with E-state index in [0.29, 0.717) is 21.9 Å². The van der Waals surface area contributed by atoms with Crippen molar-refractivity contribution in [1.29, 1.82) is 0 Å². The van der Waals surface area contributed by atoms with Gasteiger partial charge < -0.3 is 16.8 Å². The second-order valence-electron chi connectivity index (χ2n) is 6.75. The van der Waals surface area contributed by atoms with E-state index in [9.17, 15) is 5.11 Å². The highest BCUT2D eigenvalue weighted by Gasteiger charge is 2.22. The number of hydrogen-bond donors (Lipinski definition) is 3. The normalized spacial score (nSPS) is 12.2. The molecule has 0 fully saturated rings. The van der Waals surface area contributed by atoms with Crippen molar-refractivity contribution >= 4 is 23.5 Å². The molecule has 0 amide bonds. The van der Waals surface area contributed by atoms with Crippen molar-refractivity contribution in [2.24, 2.45) is 0 Å². The van der Waals surface area contributed by atoms with Gasteiger partial charge in [0.15, 0.2) is 11.6 Å². The summed E-state index contributed by atoms with van der Waals surface area (Å²) < 4.78 is 2.69. The summed E-state index contributed by atoms with van der Waals surface area (Å²) in [6.07, 6.45) is -0.893. The fraction of sp³-hybridized carbons (Fsp3) is 0.200. The molecule has 0 aliphatic rings. The third kappa shape index (κ3) is 5.19. The van der Waals surface area contributed by atoms with Crippen LogP contribution in [0.4, 0.5) is 0 Å². The van der Waals surface area contributed by atoms with Crippen LogP contribution in [-0.4, -0.2) is 34.9 Å². The van der Waals surface area contributed by atoms with Gasteiger partial charge in [-0.15, -0.1) is 20.4 Å². The van der Waals surface area contributed by atoms with E-state index in [2.05, 4.69) is 20.4 Å². The van der Waals surface area contributed by atoms with Crippen molar-refractivity contribution in [3.05, 3.63) is 83.4 Å². The Kier molecular flexibility index (Phi) is 6.75. The van der Waals surface area contributed by atoms with Crippen LogP contribution < -0.4 is 11.7 Å². The Hall–Kier alpha value is -3.02. The smallest absolute Gasteiger partial charge is 0.210 e. The van der Waals surface area contributed by atoms with Crippen LogP contribution in [-0.2, 0) is 17.9 Å². The molecular weight excluding hydrogens is 432 g/mol. The zero-order chi connectivity index (χ0) is 21.6. The van der Waals surface area contributed by atoms with E-state index in [1.165, 1.54) is 32.9 Å². The van der Waals surface area contributed by atoms with E-state index in [-0.39, 0.29) is 12.2 Å². The van der Waals surface area contributed by atoms with E-state index in [0.717, 1.165) is 16.9 Å². The summed E-state index contributed by atoms with van der Waals surface area (Å²) in [6.45, 7) is 0. The molecule has 0 aliphatic carbocycles. The van der Waals surface area contributed by atoms with Gasteiger partial charge in [0.05, 0.1) is 0 Å². The highest BCUT2D eigenvalue weighted by molar-refractivity contribution is 7.98. The van der Waals surface area contributed by atoms with Gasteiger partial charge in [-0.3, -0.25) is 0 Å². The van der Waals surface area contributed by atoms with Gasteiger partial charge in [-0.05, 0) is 11.1 Å². The Balaban J connectivity index is 1.37. The molecule has 2 aromatic heterocycles. The Labute approximate surface area is 187 Å². The second-order valence-corrected chi connectivity index (χ2v) is 8.63. The van der Waals surface area contributed by atoms with Gasteiger partial charge in [0.2, 0.25) is 10.3 Å². The minimum atomic E-state index is -1.01. The Bertz CT molecular complexity index is 1120. The summed E-state index contributed by atoms with van der Waals surface area (Å²) in [4.78, 5) is 0. The minimum absolute atomic E-state index is 0.119. The lowest BCUT2D eigenvalue weighted by molar-refractivity contribution is 0.161. The molecule has 5 N–H and O–H groups in total. The Morgan fingerprint density at radius 2 is 1.26 bits per heavy atom. The zero-order valence-electron chi connectivity index (χ0n) is 16.6. The summed E-state index contributed by atoms with van der Waals surface area (Å²) in [7, 11) is 0. The lowest BCUT2D eigenvalue weighted by Crippen LogP contribution is -2.21. The third-order valence-corrected chi connectivity index (χ3v) is 6.55. The van der Waals surface area contributed by atoms with Crippen LogP contribution in [0.2, 0.25) is 0 Å². The first-order valence-electron chi connectivity index (χ1n) is 9.53. The SMILES string of the molecule is Nn1c(CC(O)c2nnc(SCc3ccccc3)n2N)nnc1SCc1ccccc1. The highest BCUT2D eigenvalue weighted by Crippen LogP contribution is 2.25. The van der Waals surface area contributed by atoms with Gasteiger partial charge in [-0.2, -0.15) is 0 Å². The first-order valence-corrected chi connectivity index (χ1v) is 11.5. The maximum atomic E-state index is 10.6. The van der Waals surface area contributed by atoms with Crippen molar-refractivity contribution in [3.63, 3.8) is 0 Å². The van der Waals surface area contributed by atoms with Crippen LogP contribution in [0.3, 0.4) is 0 Å². The van der Waals surface area contributed by atoms with Crippen molar-refractivity contribution in [2.75, 3.05) is 11.7 Å².